The van der Waals surface area contributed by atoms with Crippen molar-refractivity contribution >= 4 is 17.6 Å². The molecular weight excluding hydrogens is 337 g/mol. The van der Waals surface area contributed by atoms with Gasteiger partial charge in [-0.25, -0.2) is 4.39 Å². The number of carbonyl (C=O) groups excluding carboxylic acids is 2. The summed E-state index contributed by atoms with van der Waals surface area (Å²) in [6.45, 7) is 5.34. The van der Waals surface area contributed by atoms with Crippen LogP contribution in [-0.2, 0) is 20.7 Å². The highest BCUT2D eigenvalue weighted by Gasteiger charge is 2.19. The Balaban J connectivity index is 1.93. The van der Waals surface area contributed by atoms with Crippen LogP contribution in [-0.4, -0.2) is 25.1 Å². The van der Waals surface area contributed by atoms with Crippen molar-refractivity contribution < 1.29 is 23.5 Å². The highest BCUT2D eigenvalue weighted by molar-refractivity contribution is 5.95. The number of methoxy groups -OCH3 is 1. The first-order chi connectivity index (χ1) is 12.3. The van der Waals surface area contributed by atoms with Gasteiger partial charge in [0.25, 0.3) is 5.91 Å². The van der Waals surface area contributed by atoms with Gasteiger partial charge in [0, 0.05) is 5.69 Å². The van der Waals surface area contributed by atoms with E-state index < -0.39 is 23.8 Å². The zero-order valence-corrected chi connectivity index (χ0v) is 15.3. The lowest BCUT2D eigenvalue weighted by atomic mass is 10.1. The van der Waals surface area contributed by atoms with Crippen LogP contribution in [0.15, 0.2) is 36.4 Å². The van der Waals surface area contributed by atoms with Crippen LogP contribution in [0.4, 0.5) is 10.1 Å². The van der Waals surface area contributed by atoms with Gasteiger partial charge in [-0.05, 0) is 50.1 Å². The summed E-state index contributed by atoms with van der Waals surface area (Å²) >= 11 is 0. The first-order valence-corrected chi connectivity index (χ1v) is 8.20. The van der Waals surface area contributed by atoms with Crippen LogP contribution in [0, 0.1) is 19.7 Å². The molecule has 0 radical (unpaired) electrons. The third kappa shape index (κ3) is 5.05. The van der Waals surface area contributed by atoms with Gasteiger partial charge in [0.05, 0.1) is 13.5 Å². The van der Waals surface area contributed by atoms with E-state index in [0.29, 0.717) is 11.3 Å². The number of amides is 1. The van der Waals surface area contributed by atoms with Crippen molar-refractivity contribution in [3.8, 4) is 5.75 Å². The molecule has 2 aromatic carbocycles. The summed E-state index contributed by atoms with van der Waals surface area (Å²) in [5.41, 5.74) is 3.12. The molecule has 0 fully saturated rings. The average molecular weight is 359 g/mol. The van der Waals surface area contributed by atoms with Crippen molar-refractivity contribution in [2.45, 2.75) is 33.3 Å². The van der Waals surface area contributed by atoms with Gasteiger partial charge in [-0.15, -0.1) is 0 Å². The van der Waals surface area contributed by atoms with E-state index in [-0.39, 0.29) is 12.2 Å². The van der Waals surface area contributed by atoms with E-state index in [1.54, 1.807) is 12.1 Å². The minimum absolute atomic E-state index is 0.100. The lowest BCUT2D eigenvalue weighted by molar-refractivity contribution is -0.152. The van der Waals surface area contributed by atoms with E-state index in [0.717, 1.165) is 11.1 Å². The number of carbonyl (C=O) groups is 2. The molecule has 0 unspecified atom stereocenters. The normalized spacial score (nSPS) is 11.6. The first-order valence-electron chi connectivity index (χ1n) is 8.20. The second-order valence-corrected chi connectivity index (χ2v) is 6.09. The van der Waals surface area contributed by atoms with Crippen LogP contribution < -0.4 is 10.1 Å². The zero-order chi connectivity index (χ0) is 19.3. The topological polar surface area (TPSA) is 64.6 Å². The molecule has 5 nitrogen and oxygen atoms in total. The molecule has 2 rings (SSSR count). The average Bonchev–Trinajstić information content (AvgIpc) is 2.57. The van der Waals surface area contributed by atoms with Crippen LogP contribution in [0.25, 0.3) is 0 Å². The van der Waals surface area contributed by atoms with Crippen molar-refractivity contribution in [1.82, 2.24) is 0 Å². The zero-order valence-electron chi connectivity index (χ0n) is 15.3. The fourth-order valence-electron chi connectivity index (χ4n) is 2.47. The number of nitrogens with one attached hydrogen (secondary N) is 1. The van der Waals surface area contributed by atoms with Crippen LogP contribution >= 0.6 is 0 Å². The van der Waals surface area contributed by atoms with Crippen molar-refractivity contribution in [3.63, 3.8) is 0 Å². The van der Waals surface area contributed by atoms with Crippen molar-refractivity contribution in [1.29, 1.82) is 0 Å². The predicted octanol–water partition coefficient (Wildman–Crippen LogP) is 3.56. The third-order valence-corrected chi connectivity index (χ3v) is 3.88. The Bertz CT molecular complexity index is 819. The predicted molar refractivity (Wildman–Crippen MR) is 96.8 cm³/mol. The summed E-state index contributed by atoms with van der Waals surface area (Å²) in [5.74, 6) is -1.49. The quantitative estimate of drug-likeness (QED) is 0.801. The van der Waals surface area contributed by atoms with Crippen LogP contribution in [0.2, 0.25) is 0 Å². The number of halogens is 1. The first kappa shape index (κ1) is 19.4. The van der Waals surface area contributed by atoms with Gasteiger partial charge in [-0.1, -0.05) is 23.8 Å². The number of anilines is 1. The van der Waals surface area contributed by atoms with E-state index in [2.05, 4.69) is 5.32 Å². The maximum absolute atomic E-state index is 13.7. The molecule has 0 bridgehead atoms. The molecule has 1 amide bonds. The van der Waals surface area contributed by atoms with Crippen molar-refractivity contribution in [2.24, 2.45) is 0 Å². The van der Waals surface area contributed by atoms with E-state index in [4.69, 9.17) is 9.47 Å². The van der Waals surface area contributed by atoms with Gasteiger partial charge in [-0.3, -0.25) is 9.59 Å². The third-order valence-electron chi connectivity index (χ3n) is 3.88. The summed E-state index contributed by atoms with van der Waals surface area (Å²) in [6.07, 6.45) is -1.10. The fraction of sp³-hybridized carbons (Fsp3) is 0.300. The van der Waals surface area contributed by atoms with Crippen molar-refractivity contribution in [3.05, 3.63) is 58.9 Å². The molecular formula is C20H22FNO4. The molecule has 0 aliphatic carbocycles. The molecule has 138 valence electrons. The Morgan fingerprint density at radius 3 is 2.50 bits per heavy atom. The Morgan fingerprint density at radius 1 is 1.15 bits per heavy atom. The highest BCUT2D eigenvalue weighted by atomic mass is 19.1. The van der Waals surface area contributed by atoms with Gasteiger partial charge in [0.15, 0.2) is 17.7 Å². The Morgan fingerprint density at radius 2 is 1.88 bits per heavy atom. The fourth-order valence-corrected chi connectivity index (χ4v) is 2.47. The number of benzene rings is 2. The molecule has 0 saturated heterocycles. The molecule has 0 heterocycles. The standard InChI is InChI=1S/C20H22FNO4/c1-12-5-7-17(13(2)9-12)22-20(24)14(3)26-19(23)11-15-6-8-18(25-4)16(21)10-15/h5-10,14H,11H2,1-4H3,(H,22,24)/t14-/m1/s1. The smallest absolute Gasteiger partial charge is 0.311 e. The molecule has 6 heteroatoms. The molecule has 0 saturated carbocycles. The summed E-state index contributed by atoms with van der Waals surface area (Å²) in [6, 6.07) is 9.86. The number of esters is 1. The molecule has 0 spiro atoms. The lowest BCUT2D eigenvalue weighted by Gasteiger charge is -2.15. The number of hydrogen-bond donors (Lipinski definition) is 1. The van der Waals surface area contributed by atoms with Crippen LogP contribution in [0.3, 0.4) is 0 Å². The van der Waals surface area contributed by atoms with Gasteiger partial charge in [0.1, 0.15) is 0 Å². The molecule has 2 aromatic rings. The summed E-state index contributed by atoms with van der Waals surface area (Å²) in [4.78, 5) is 24.2. The minimum atomic E-state index is -0.966. The van der Waals surface area contributed by atoms with E-state index in [1.807, 2.05) is 26.0 Å². The maximum atomic E-state index is 13.7. The summed E-state index contributed by atoms with van der Waals surface area (Å²) in [7, 11) is 1.36. The Hall–Kier alpha value is -2.89. The number of rotatable bonds is 6. The number of aryl methyl sites for hydroxylation is 2. The number of hydrogen-bond acceptors (Lipinski definition) is 4. The van der Waals surface area contributed by atoms with Gasteiger partial charge < -0.3 is 14.8 Å². The van der Waals surface area contributed by atoms with E-state index >= 15 is 0 Å². The molecule has 0 aliphatic heterocycles. The van der Waals surface area contributed by atoms with Gasteiger partial charge in [-0.2, -0.15) is 0 Å². The van der Waals surface area contributed by atoms with Crippen molar-refractivity contribution in [2.75, 3.05) is 12.4 Å². The van der Waals surface area contributed by atoms with E-state index in [9.17, 15) is 14.0 Å². The largest absolute Gasteiger partial charge is 0.494 e. The molecule has 0 aromatic heterocycles. The van der Waals surface area contributed by atoms with Crippen LogP contribution in [0.5, 0.6) is 5.75 Å². The van der Waals surface area contributed by atoms with Gasteiger partial charge in [0.2, 0.25) is 0 Å². The SMILES string of the molecule is COc1ccc(CC(=O)O[C@H](C)C(=O)Nc2ccc(C)cc2C)cc1F. The highest BCUT2D eigenvalue weighted by Crippen LogP contribution is 2.19. The summed E-state index contributed by atoms with van der Waals surface area (Å²) in [5, 5.41) is 2.74. The maximum Gasteiger partial charge on any atom is 0.311 e. The monoisotopic (exact) mass is 359 g/mol. The number of ether oxygens (including phenoxy) is 2. The Labute approximate surface area is 152 Å². The van der Waals surface area contributed by atoms with Gasteiger partial charge >= 0.3 is 5.97 Å². The molecule has 26 heavy (non-hydrogen) atoms. The van der Waals surface area contributed by atoms with Crippen LogP contribution in [0.1, 0.15) is 23.6 Å². The second-order valence-electron chi connectivity index (χ2n) is 6.09. The molecule has 0 aliphatic rings. The lowest BCUT2D eigenvalue weighted by Crippen LogP contribution is -2.30. The molecule has 1 N–H and O–H groups in total. The minimum Gasteiger partial charge on any atom is -0.494 e. The summed E-state index contributed by atoms with van der Waals surface area (Å²) < 4.78 is 23.6. The second kappa shape index (κ2) is 8.47. The molecule has 1 atom stereocenters. The van der Waals surface area contributed by atoms with E-state index in [1.165, 1.54) is 26.2 Å². The Kier molecular flexibility index (Phi) is 6.33.